The Balaban J connectivity index is 1.87. The number of rotatable bonds is 10. The van der Waals surface area contributed by atoms with E-state index in [4.69, 9.17) is 0 Å². The smallest absolute Gasteiger partial charge is 0.163 e. The number of aryl methyl sites for hydroxylation is 1. The molecule has 3 nitrogen and oxygen atoms in total. The summed E-state index contributed by atoms with van der Waals surface area (Å²) < 4.78 is 0. The zero-order valence-corrected chi connectivity index (χ0v) is 20.2. The second-order valence-corrected chi connectivity index (χ2v) is 9.77. The number of allylic oxidation sites excluding steroid dienone is 4. The minimum Gasteiger partial charge on any atom is -0.300 e. The highest BCUT2D eigenvalue weighted by atomic mass is 16.1. The fourth-order valence-corrected chi connectivity index (χ4v) is 5.86. The Labute approximate surface area is 193 Å². The van der Waals surface area contributed by atoms with Gasteiger partial charge in [-0.3, -0.25) is 14.4 Å². The maximum Gasteiger partial charge on any atom is 0.163 e. The molecule has 3 unspecified atom stereocenters. The Bertz CT molecular complexity index is 934. The van der Waals surface area contributed by atoms with Gasteiger partial charge < -0.3 is 0 Å². The highest BCUT2D eigenvalue weighted by Gasteiger charge is 2.34. The summed E-state index contributed by atoms with van der Waals surface area (Å²) in [5.74, 6) is 0.684. The van der Waals surface area contributed by atoms with Crippen LogP contribution in [0, 0.1) is 24.7 Å². The van der Waals surface area contributed by atoms with E-state index in [0.29, 0.717) is 6.42 Å². The van der Waals surface area contributed by atoms with Crippen molar-refractivity contribution in [2.24, 2.45) is 17.8 Å². The highest BCUT2D eigenvalue weighted by molar-refractivity contribution is 6.01. The fraction of sp³-hybridized carbons (Fsp3) is 0.552. The SMILES string of the molecule is CCCC(CC1CC(=O)c2c(C)ccc(C3=CCC=CC3)c2C1)C(CC)C(=O)CC(C)=O. The van der Waals surface area contributed by atoms with Crippen LogP contribution >= 0.6 is 0 Å². The topological polar surface area (TPSA) is 51.2 Å². The highest BCUT2D eigenvalue weighted by Crippen LogP contribution is 2.39. The van der Waals surface area contributed by atoms with E-state index in [2.05, 4.69) is 44.2 Å². The van der Waals surface area contributed by atoms with Gasteiger partial charge in [0.1, 0.15) is 11.6 Å². The molecule has 0 heterocycles. The van der Waals surface area contributed by atoms with E-state index >= 15 is 0 Å². The Morgan fingerprint density at radius 3 is 2.53 bits per heavy atom. The zero-order valence-electron chi connectivity index (χ0n) is 20.2. The van der Waals surface area contributed by atoms with Crippen LogP contribution in [0.2, 0.25) is 0 Å². The normalized spacial score (nSPS) is 19.8. The lowest BCUT2D eigenvalue weighted by atomic mass is 9.71. The van der Waals surface area contributed by atoms with Crippen LogP contribution in [0.25, 0.3) is 5.57 Å². The number of Topliss-reactive ketones (excluding diaryl/α,β-unsaturated/α-hetero) is 3. The number of ketones is 3. The lowest BCUT2D eigenvalue weighted by Crippen LogP contribution is -2.30. The molecule has 0 fully saturated rings. The van der Waals surface area contributed by atoms with E-state index in [9.17, 15) is 14.4 Å². The summed E-state index contributed by atoms with van der Waals surface area (Å²) in [4.78, 5) is 37.6. The molecule has 172 valence electrons. The Kier molecular flexibility index (Phi) is 8.39. The second-order valence-electron chi connectivity index (χ2n) is 9.77. The molecule has 0 radical (unpaired) electrons. The van der Waals surface area contributed by atoms with E-state index < -0.39 is 0 Å². The van der Waals surface area contributed by atoms with E-state index in [1.54, 1.807) is 0 Å². The minimum absolute atomic E-state index is 0.0379. The van der Waals surface area contributed by atoms with Crippen molar-refractivity contribution in [2.75, 3.05) is 0 Å². The standard InChI is InChI=1S/C29H38O3/c1-5-10-23(24(6-2)27(31)15-20(4)30)16-21-17-26-25(22-11-8-7-9-12-22)14-13-19(3)29(26)28(32)18-21/h7-8,12-14,21,23-24H,5-6,9-11,15-18H2,1-4H3. The summed E-state index contributed by atoms with van der Waals surface area (Å²) in [6.45, 7) is 7.75. The van der Waals surface area contributed by atoms with Gasteiger partial charge in [-0.1, -0.05) is 57.0 Å². The molecule has 1 aromatic rings. The molecule has 3 atom stereocenters. The lowest BCUT2D eigenvalue weighted by Gasteiger charge is -2.33. The van der Waals surface area contributed by atoms with E-state index in [-0.39, 0.29) is 41.5 Å². The first kappa shape index (κ1) is 24.4. The molecule has 0 bridgehead atoms. The Hall–Kier alpha value is -2.29. The quantitative estimate of drug-likeness (QED) is 0.299. The van der Waals surface area contributed by atoms with Gasteiger partial charge in [0.25, 0.3) is 0 Å². The van der Waals surface area contributed by atoms with Crippen LogP contribution in [0.3, 0.4) is 0 Å². The predicted molar refractivity (Wildman–Crippen MR) is 131 cm³/mol. The lowest BCUT2D eigenvalue weighted by molar-refractivity contribution is -0.129. The maximum atomic E-state index is 13.3. The van der Waals surface area contributed by atoms with Gasteiger partial charge in [0.05, 0.1) is 6.42 Å². The monoisotopic (exact) mass is 434 g/mol. The van der Waals surface area contributed by atoms with Crippen LogP contribution in [-0.2, 0) is 16.0 Å². The van der Waals surface area contributed by atoms with Crippen molar-refractivity contribution in [1.82, 2.24) is 0 Å². The fourth-order valence-electron chi connectivity index (χ4n) is 5.86. The minimum atomic E-state index is -0.0847. The first-order chi connectivity index (χ1) is 15.3. The average Bonchev–Trinajstić information content (AvgIpc) is 2.74. The molecular weight excluding hydrogens is 396 g/mol. The summed E-state index contributed by atoms with van der Waals surface area (Å²) >= 11 is 0. The van der Waals surface area contributed by atoms with Gasteiger partial charge in [-0.2, -0.15) is 0 Å². The first-order valence-electron chi connectivity index (χ1n) is 12.4. The second kappa shape index (κ2) is 11.0. The number of hydrogen-bond acceptors (Lipinski definition) is 3. The van der Waals surface area contributed by atoms with Crippen LogP contribution in [-0.4, -0.2) is 17.3 Å². The number of fused-ring (bicyclic) bond motifs is 1. The van der Waals surface area contributed by atoms with Gasteiger partial charge >= 0.3 is 0 Å². The third-order valence-electron chi connectivity index (χ3n) is 7.26. The van der Waals surface area contributed by atoms with Gasteiger partial charge in [-0.05, 0) is 80.1 Å². The van der Waals surface area contributed by atoms with Crippen molar-refractivity contribution >= 4 is 22.9 Å². The van der Waals surface area contributed by atoms with E-state index in [1.165, 1.54) is 23.6 Å². The molecule has 0 saturated carbocycles. The number of carbonyl (C=O) groups is 3. The van der Waals surface area contributed by atoms with Gasteiger partial charge in [-0.25, -0.2) is 0 Å². The van der Waals surface area contributed by atoms with Gasteiger partial charge in [-0.15, -0.1) is 0 Å². The average molecular weight is 435 g/mol. The molecule has 0 N–H and O–H groups in total. The molecule has 3 heteroatoms. The summed E-state index contributed by atoms with van der Waals surface area (Å²) in [5, 5.41) is 0. The van der Waals surface area contributed by atoms with Crippen molar-refractivity contribution < 1.29 is 14.4 Å². The van der Waals surface area contributed by atoms with E-state index in [0.717, 1.165) is 56.1 Å². The van der Waals surface area contributed by atoms with Gasteiger partial charge in [0, 0.05) is 17.9 Å². The third kappa shape index (κ3) is 5.54. The van der Waals surface area contributed by atoms with E-state index in [1.807, 2.05) is 6.92 Å². The summed E-state index contributed by atoms with van der Waals surface area (Å²) in [6, 6.07) is 4.29. The molecule has 32 heavy (non-hydrogen) atoms. The van der Waals surface area contributed by atoms with Crippen molar-refractivity contribution in [2.45, 2.75) is 85.5 Å². The molecule has 2 aliphatic carbocycles. The molecule has 1 aromatic carbocycles. The van der Waals surface area contributed by atoms with Gasteiger partial charge in [0.2, 0.25) is 0 Å². The molecule has 0 saturated heterocycles. The molecule has 0 spiro atoms. The van der Waals surface area contributed by atoms with Crippen LogP contribution in [0.1, 0.15) is 99.2 Å². The third-order valence-corrected chi connectivity index (χ3v) is 7.26. The van der Waals surface area contributed by atoms with Gasteiger partial charge in [0.15, 0.2) is 5.78 Å². The van der Waals surface area contributed by atoms with Crippen LogP contribution in [0.4, 0.5) is 0 Å². The molecular formula is C29H38O3. The maximum absolute atomic E-state index is 13.3. The molecule has 0 aliphatic heterocycles. The first-order valence-corrected chi connectivity index (χ1v) is 12.4. The Morgan fingerprint density at radius 1 is 1.12 bits per heavy atom. The van der Waals surface area contributed by atoms with Crippen LogP contribution in [0.5, 0.6) is 0 Å². The molecule has 3 rings (SSSR count). The van der Waals surface area contributed by atoms with Crippen molar-refractivity contribution in [3.8, 4) is 0 Å². The molecule has 2 aliphatic rings. The summed E-state index contributed by atoms with van der Waals surface area (Å²) in [7, 11) is 0. The molecule has 0 aromatic heterocycles. The molecule has 0 amide bonds. The largest absolute Gasteiger partial charge is 0.300 e. The summed E-state index contributed by atoms with van der Waals surface area (Å²) in [5.41, 5.74) is 5.78. The van der Waals surface area contributed by atoms with Crippen LogP contribution in [0.15, 0.2) is 30.4 Å². The summed E-state index contributed by atoms with van der Waals surface area (Å²) in [6.07, 6.45) is 13.7. The Morgan fingerprint density at radius 2 is 1.91 bits per heavy atom. The van der Waals surface area contributed by atoms with Crippen LogP contribution < -0.4 is 0 Å². The predicted octanol–water partition coefficient (Wildman–Crippen LogP) is 6.85. The van der Waals surface area contributed by atoms with Crippen molar-refractivity contribution in [3.63, 3.8) is 0 Å². The number of hydrogen-bond donors (Lipinski definition) is 0. The number of benzene rings is 1. The number of carbonyl (C=O) groups excluding carboxylic acids is 3. The van der Waals surface area contributed by atoms with Crippen molar-refractivity contribution in [3.05, 3.63) is 52.6 Å². The zero-order chi connectivity index (χ0) is 23.3. The van der Waals surface area contributed by atoms with Crippen molar-refractivity contribution in [1.29, 1.82) is 0 Å².